The van der Waals surface area contributed by atoms with Crippen molar-refractivity contribution in [3.05, 3.63) is 35.9 Å². The molecule has 1 heterocycles. The second-order valence-electron chi connectivity index (χ2n) is 7.25. The van der Waals surface area contributed by atoms with Crippen molar-refractivity contribution in [1.29, 1.82) is 0 Å². The monoisotopic (exact) mass is 331 g/mol. The number of piperidine rings is 1. The van der Waals surface area contributed by atoms with Crippen LogP contribution >= 0.6 is 0 Å². The fourth-order valence-electron chi connectivity index (χ4n) is 3.73. The Balaban J connectivity index is 2.06. The van der Waals surface area contributed by atoms with Crippen LogP contribution in [0, 0.1) is 11.8 Å². The zero-order valence-electron chi connectivity index (χ0n) is 15.0. The highest BCUT2D eigenvalue weighted by atomic mass is 16.4. The molecule has 0 bridgehead atoms. The van der Waals surface area contributed by atoms with Gasteiger partial charge in [-0.05, 0) is 30.2 Å². The molecule has 4 heteroatoms. The number of hydrogen-bond acceptors (Lipinski definition) is 2. The number of carboxylic acids is 1. The first kappa shape index (κ1) is 18.5. The zero-order chi connectivity index (χ0) is 17.7. The Hall–Kier alpha value is -1.84. The number of carboxylic acid groups (broad SMARTS) is 1. The van der Waals surface area contributed by atoms with Gasteiger partial charge in [-0.3, -0.25) is 9.59 Å². The van der Waals surface area contributed by atoms with Gasteiger partial charge in [-0.2, -0.15) is 0 Å². The SMILES string of the molecule is CCC(CC(=O)N1CCC(C(=O)O)(c2ccccc2)CC1)C(C)C. The fraction of sp³-hybridized carbons (Fsp3) is 0.600. The lowest BCUT2D eigenvalue weighted by atomic mass is 9.72. The number of aliphatic carboxylic acids is 1. The lowest BCUT2D eigenvalue weighted by Crippen LogP contribution is -2.49. The molecule has 0 aromatic heterocycles. The fourth-order valence-corrected chi connectivity index (χ4v) is 3.73. The van der Waals surface area contributed by atoms with E-state index in [1.807, 2.05) is 35.2 Å². The molecule has 0 aliphatic carbocycles. The standard InChI is InChI=1S/C20H29NO3/c1-4-16(15(2)3)14-18(22)21-12-10-20(11-13-21,19(23)24)17-8-6-5-7-9-17/h5-9,15-16H,4,10-14H2,1-3H3,(H,23,24). The summed E-state index contributed by atoms with van der Waals surface area (Å²) in [5.41, 5.74) is -0.0153. The van der Waals surface area contributed by atoms with Crippen molar-refractivity contribution < 1.29 is 14.7 Å². The first-order valence-corrected chi connectivity index (χ1v) is 8.97. The van der Waals surface area contributed by atoms with Gasteiger partial charge in [-0.1, -0.05) is 57.5 Å². The van der Waals surface area contributed by atoms with E-state index >= 15 is 0 Å². The lowest BCUT2D eigenvalue weighted by Gasteiger charge is -2.39. The van der Waals surface area contributed by atoms with Crippen LogP contribution in [-0.2, 0) is 15.0 Å². The van der Waals surface area contributed by atoms with E-state index in [1.54, 1.807) is 0 Å². The molecule has 0 saturated carbocycles. The molecule has 1 atom stereocenters. The summed E-state index contributed by atoms with van der Waals surface area (Å²) >= 11 is 0. The highest BCUT2D eigenvalue weighted by Gasteiger charge is 2.43. The van der Waals surface area contributed by atoms with Crippen molar-refractivity contribution in [3.63, 3.8) is 0 Å². The van der Waals surface area contributed by atoms with Gasteiger partial charge in [0, 0.05) is 19.5 Å². The predicted molar refractivity (Wildman–Crippen MR) is 94.8 cm³/mol. The zero-order valence-corrected chi connectivity index (χ0v) is 15.0. The maximum Gasteiger partial charge on any atom is 0.314 e. The first-order valence-electron chi connectivity index (χ1n) is 8.97. The molecule has 2 rings (SSSR count). The minimum atomic E-state index is -0.861. The van der Waals surface area contributed by atoms with Crippen LogP contribution in [0.5, 0.6) is 0 Å². The normalized spacial score (nSPS) is 18.4. The van der Waals surface area contributed by atoms with Crippen molar-refractivity contribution >= 4 is 11.9 Å². The molecule has 132 valence electrons. The number of nitrogens with zero attached hydrogens (tertiary/aromatic N) is 1. The molecule has 1 unspecified atom stereocenters. The number of carbonyl (C=O) groups is 2. The Morgan fingerprint density at radius 3 is 2.21 bits per heavy atom. The number of hydrogen-bond donors (Lipinski definition) is 1. The van der Waals surface area contributed by atoms with Gasteiger partial charge in [0.1, 0.15) is 0 Å². The topological polar surface area (TPSA) is 57.6 Å². The second-order valence-corrected chi connectivity index (χ2v) is 7.25. The van der Waals surface area contributed by atoms with Crippen molar-refractivity contribution in [2.75, 3.05) is 13.1 Å². The molecule has 1 aromatic rings. The van der Waals surface area contributed by atoms with Crippen molar-refractivity contribution in [3.8, 4) is 0 Å². The van der Waals surface area contributed by atoms with Crippen LogP contribution in [0.3, 0.4) is 0 Å². The Bertz CT molecular complexity index is 560. The smallest absolute Gasteiger partial charge is 0.314 e. The van der Waals surface area contributed by atoms with Gasteiger partial charge in [0.25, 0.3) is 0 Å². The molecule has 0 radical (unpaired) electrons. The van der Waals surface area contributed by atoms with Gasteiger partial charge in [-0.15, -0.1) is 0 Å². The molecule has 1 saturated heterocycles. The number of carbonyl (C=O) groups excluding carboxylic acids is 1. The van der Waals surface area contributed by atoms with Crippen LogP contribution in [0.15, 0.2) is 30.3 Å². The van der Waals surface area contributed by atoms with Crippen LogP contribution in [0.1, 0.15) is 52.0 Å². The van der Waals surface area contributed by atoms with Crippen LogP contribution in [0.4, 0.5) is 0 Å². The van der Waals surface area contributed by atoms with E-state index in [0.717, 1.165) is 12.0 Å². The molecular formula is C20H29NO3. The van der Waals surface area contributed by atoms with Crippen molar-refractivity contribution in [1.82, 2.24) is 4.90 Å². The van der Waals surface area contributed by atoms with Gasteiger partial charge in [0.2, 0.25) is 5.91 Å². The van der Waals surface area contributed by atoms with E-state index in [4.69, 9.17) is 0 Å². The van der Waals surface area contributed by atoms with Crippen LogP contribution < -0.4 is 0 Å². The van der Waals surface area contributed by atoms with Crippen LogP contribution in [0.2, 0.25) is 0 Å². The highest BCUT2D eigenvalue weighted by molar-refractivity contribution is 5.82. The van der Waals surface area contributed by atoms with E-state index in [-0.39, 0.29) is 5.91 Å². The summed E-state index contributed by atoms with van der Waals surface area (Å²) in [4.78, 5) is 26.4. The molecule has 1 amide bonds. The quantitative estimate of drug-likeness (QED) is 0.864. The second kappa shape index (κ2) is 7.82. The van der Waals surface area contributed by atoms with Crippen LogP contribution in [-0.4, -0.2) is 35.0 Å². The third kappa shape index (κ3) is 3.80. The summed E-state index contributed by atoms with van der Waals surface area (Å²) < 4.78 is 0. The third-order valence-corrected chi connectivity index (χ3v) is 5.61. The van der Waals surface area contributed by atoms with E-state index < -0.39 is 11.4 Å². The minimum absolute atomic E-state index is 0.169. The van der Waals surface area contributed by atoms with E-state index in [2.05, 4.69) is 20.8 Å². The highest BCUT2D eigenvalue weighted by Crippen LogP contribution is 2.36. The number of rotatable bonds is 6. The molecule has 1 fully saturated rings. The Kier molecular flexibility index (Phi) is 6.03. The molecule has 24 heavy (non-hydrogen) atoms. The lowest BCUT2D eigenvalue weighted by molar-refractivity contribution is -0.148. The van der Waals surface area contributed by atoms with Gasteiger partial charge >= 0.3 is 5.97 Å². The Morgan fingerprint density at radius 2 is 1.75 bits per heavy atom. The Morgan fingerprint density at radius 1 is 1.17 bits per heavy atom. The third-order valence-electron chi connectivity index (χ3n) is 5.61. The number of likely N-dealkylation sites (tertiary alicyclic amines) is 1. The van der Waals surface area contributed by atoms with Gasteiger partial charge < -0.3 is 10.0 Å². The first-order chi connectivity index (χ1) is 11.4. The molecular weight excluding hydrogens is 302 g/mol. The number of benzene rings is 1. The van der Waals surface area contributed by atoms with Crippen molar-refractivity contribution in [2.24, 2.45) is 11.8 Å². The minimum Gasteiger partial charge on any atom is -0.481 e. The molecule has 1 aromatic carbocycles. The molecule has 1 aliphatic heterocycles. The molecule has 0 spiro atoms. The number of amides is 1. The summed E-state index contributed by atoms with van der Waals surface area (Å²) in [7, 11) is 0. The summed E-state index contributed by atoms with van der Waals surface area (Å²) in [6.07, 6.45) is 2.53. The van der Waals surface area contributed by atoms with Gasteiger partial charge in [-0.25, -0.2) is 0 Å². The summed E-state index contributed by atoms with van der Waals surface area (Å²) in [6, 6.07) is 9.43. The van der Waals surface area contributed by atoms with Crippen LogP contribution in [0.25, 0.3) is 0 Å². The van der Waals surface area contributed by atoms with E-state index in [9.17, 15) is 14.7 Å². The Labute approximate surface area is 144 Å². The molecule has 1 aliphatic rings. The van der Waals surface area contributed by atoms with E-state index in [0.29, 0.717) is 44.2 Å². The molecule has 1 N–H and O–H groups in total. The maximum atomic E-state index is 12.6. The largest absolute Gasteiger partial charge is 0.481 e. The average molecular weight is 331 g/mol. The maximum absolute atomic E-state index is 12.6. The molecule has 4 nitrogen and oxygen atoms in total. The predicted octanol–water partition coefficient (Wildman–Crippen LogP) is 3.70. The summed E-state index contributed by atoms with van der Waals surface area (Å²) in [5.74, 6) is 0.279. The van der Waals surface area contributed by atoms with Crippen molar-refractivity contribution in [2.45, 2.75) is 51.9 Å². The van der Waals surface area contributed by atoms with Gasteiger partial charge in [0.05, 0.1) is 5.41 Å². The summed E-state index contributed by atoms with van der Waals surface area (Å²) in [5, 5.41) is 9.82. The van der Waals surface area contributed by atoms with Gasteiger partial charge in [0.15, 0.2) is 0 Å². The van der Waals surface area contributed by atoms with E-state index in [1.165, 1.54) is 0 Å². The summed E-state index contributed by atoms with van der Waals surface area (Å²) in [6.45, 7) is 7.48. The average Bonchev–Trinajstić information content (AvgIpc) is 2.59.